The minimum atomic E-state index is 0.480. The molecule has 0 saturated carbocycles. The molecule has 3 rings (SSSR count). The molecule has 1 aliphatic heterocycles. The summed E-state index contributed by atoms with van der Waals surface area (Å²) in [5, 5.41) is 3.54. The Balaban J connectivity index is 1.44. The van der Waals surface area contributed by atoms with E-state index >= 15 is 0 Å². The fourth-order valence-electron chi connectivity index (χ4n) is 2.76. The molecule has 1 N–H and O–H groups in total. The van der Waals surface area contributed by atoms with E-state index in [-0.39, 0.29) is 0 Å². The molecule has 0 fully saturated rings. The highest BCUT2D eigenvalue weighted by Crippen LogP contribution is 2.20. The van der Waals surface area contributed by atoms with Crippen LogP contribution in [0.3, 0.4) is 0 Å². The van der Waals surface area contributed by atoms with Crippen LogP contribution in [0.25, 0.3) is 6.08 Å². The van der Waals surface area contributed by atoms with Crippen LogP contribution in [-0.4, -0.2) is 29.0 Å². The van der Waals surface area contributed by atoms with Crippen molar-refractivity contribution in [2.45, 2.75) is 25.9 Å². The van der Waals surface area contributed by atoms with E-state index in [0.29, 0.717) is 6.04 Å². The van der Waals surface area contributed by atoms with Gasteiger partial charge >= 0.3 is 0 Å². The van der Waals surface area contributed by atoms with Crippen LogP contribution in [0, 0.1) is 0 Å². The molecule has 0 saturated heterocycles. The molecule has 0 bridgehead atoms. The van der Waals surface area contributed by atoms with Gasteiger partial charge in [-0.05, 0) is 36.3 Å². The Morgan fingerprint density at radius 1 is 1.18 bits per heavy atom. The number of hydrogen-bond acceptors (Lipinski definition) is 3. The van der Waals surface area contributed by atoms with Crippen LogP contribution in [0.2, 0.25) is 0 Å². The molecule has 2 aromatic rings. The van der Waals surface area contributed by atoms with E-state index in [1.165, 1.54) is 11.1 Å². The summed E-state index contributed by atoms with van der Waals surface area (Å²) in [6.45, 7) is 5.22. The predicted molar refractivity (Wildman–Crippen MR) is 91.3 cm³/mol. The molecule has 0 amide bonds. The summed E-state index contributed by atoms with van der Waals surface area (Å²) >= 11 is 0. The topological polar surface area (TPSA) is 28.2 Å². The molecule has 1 atom stereocenters. The first-order valence-electron chi connectivity index (χ1n) is 7.95. The summed E-state index contributed by atoms with van der Waals surface area (Å²) < 4.78 is 0. The van der Waals surface area contributed by atoms with Gasteiger partial charge in [0, 0.05) is 50.2 Å². The molecule has 0 spiro atoms. The molecule has 0 aliphatic carbocycles. The van der Waals surface area contributed by atoms with Crippen molar-refractivity contribution >= 4 is 6.08 Å². The zero-order valence-corrected chi connectivity index (χ0v) is 13.1. The Hall–Kier alpha value is -2.13. The van der Waals surface area contributed by atoms with E-state index in [9.17, 15) is 0 Å². The van der Waals surface area contributed by atoms with Gasteiger partial charge < -0.3 is 10.2 Å². The summed E-state index contributed by atoms with van der Waals surface area (Å²) in [4.78, 5) is 6.75. The van der Waals surface area contributed by atoms with Gasteiger partial charge in [-0.1, -0.05) is 30.3 Å². The van der Waals surface area contributed by atoms with E-state index in [0.717, 1.165) is 31.7 Å². The monoisotopic (exact) mass is 293 g/mol. The lowest BCUT2D eigenvalue weighted by Gasteiger charge is -2.31. The first kappa shape index (κ1) is 14.8. The van der Waals surface area contributed by atoms with Crippen LogP contribution in [0.1, 0.15) is 23.7 Å². The van der Waals surface area contributed by atoms with Crippen molar-refractivity contribution in [3.8, 4) is 0 Å². The van der Waals surface area contributed by atoms with Gasteiger partial charge in [-0.3, -0.25) is 4.98 Å². The van der Waals surface area contributed by atoms with E-state index in [4.69, 9.17) is 0 Å². The van der Waals surface area contributed by atoms with Gasteiger partial charge in [0.1, 0.15) is 0 Å². The van der Waals surface area contributed by atoms with Crippen LogP contribution in [0.4, 0.5) is 0 Å². The van der Waals surface area contributed by atoms with E-state index < -0.39 is 0 Å². The van der Waals surface area contributed by atoms with Gasteiger partial charge in [-0.15, -0.1) is 0 Å². The third kappa shape index (κ3) is 3.74. The molecule has 1 aliphatic rings. The van der Waals surface area contributed by atoms with Crippen LogP contribution in [-0.2, 0) is 13.0 Å². The van der Waals surface area contributed by atoms with Crippen molar-refractivity contribution in [1.29, 1.82) is 0 Å². The van der Waals surface area contributed by atoms with Crippen molar-refractivity contribution in [1.82, 2.24) is 15.2 Å². The molecule has 2 heterocycles. The second-order valence-electron chi connectivity index (χ2n) is 5.81. The zero-order chi connectivity index (χ0) is 15.2. The highest BCUT2D eigenvalue weighted by molar-refractivity contribution is 5.55. The second-order valence-corrected chi connectivity index (χ2v) is 5.81. The maximum Gasteiger partial charge on any atom is 0.0433 e. The number of benzene rings is 1. The number of nitrogens with zero attached hydrogens (tertiary/aromatic N) is 2. The van der Waals surface area contributed by atoms with Crippen molar-refractivity contribution in [2.24, 2.45) is 0 Å². The fourth-order valence-corrected chi connectivity index (χ4v) is 2.76. The lowest BCUT2D eigenvalue weighted by molar-refractivity contribution is 0.275. The summed E-state index contributed by atoms with van der Waals surface area (Å²) in [7, 11) is 0. The van der Waals surface area contributed by atoms with E-state index in [1.807, 2.05) is 18.3 Å². The van der Waals surface area contributed by atoms with Gasteiger partial charge in [0.25, 0.3) is 0 Å². The average molecular weight is 293 g/mol. The zero-order valence-electron chi connectivity index (χ0n) is 13.1. The molecule has 0 unspecified atom stereocenters. The minimum Gasteiger partial charge on any atom is -0.369 e. The Morgan fingerprint density at radius 3 is 2.91 bits per heavy atom. The van der Waals surface area contributed by atoms with Crippen molar-refractivity contribution in [3.05, 3.63) is 71.7 Å². The van der Waals surface area contributed by atoms with E-state index in [1.54, 1.807) is 0 Å². The highest BCUT2D eigenvalue weighted by atomic mass is 15.2. The summed E-state index contributed by atoms with van der Waals surface area (Å²) in [6.07, 6.45) is 7.26. The Bertz CT molecular complexity index is 622. The second kappa shape index (κ2) is 7.23. The molecule has 1 aromatic heterocycles. The third-order valence-corrected chi connectivity index (χ3v) is 4.14. The summed E-state index contributed by atoms with van der Waals surface area (Å²) in [5.41, 5.74) is 3.90. The molecule has 1 aromatic carbocycles. The van der Waals surface area contributed by atoms with Crippen LogP contribution < -0.4 is 5.32 Å². The van der Waals surface area contributed by atoms with Gasteiger partial charge in [0.2, 0.25) is 0 Å². The van der Waals surface area contributed by atoms with Crippen molar-refractivity contribution in [3.63, 3.8) is 0 Å². The highest BCUT2D eigenvalue weighted by Gasteiger charge is 2.14. The predicted octanol–water partition coefficient (Wildman–Crippen LogP) is 3.09. The van der Waals surface area contributed by atoms with Crippen LogP contribution >= 0.6 is 0 Å². The number of pyridine rings is 1. The summed E-state index contributed by atoms with van der Waals surface area (Å²) in [5.74, 6) is 0. The number of fused-ring (bicyclic) bond motifs is 1. The molecule has 22 heavy (non-hydrogen) atoms. The number of hydrogen-bond donors (Lipinski definition) is 1. The fraction of sp³-hybridized carbons (Fsp3) is 0.316. The van der Waals surface area contributed by atoms with Gasteiger partial charge in [0.15, 0.2) is 0 Å². The van der Waals surface area contributed by atoms with E-state index in [2.05, 4.69) is 64.7 Å². The minimum absolute atomic E-state index is 0.480. The number of nitrogens with one attached hydrogen (secondary N) is 1. The Morgan fingerprint density at radius 2 is 2.05 bits per heavy atom. The molecule has 0 radical (unpaired) electrons. The lowest BCUT2D eigenvalue weighted by atomic mass is 10.0. The maximum atomic E-state index is 4.35. The molecule has 114 valence electrons. The molecular formula is C19H23N3. The van der Waals surface area contributed by atoms with Gasteiger partial charge in [-0.25, -0.2) is 0 Å². The molecule has 3 nitrogen and oxygen atoms in total. The number of aromatic nitrogens is 1. The quantitative estimate of drug-likeness (QED) is 0.830. The van der Waals surface area contributed by atoms with Crippen LogP contribution in [0.15, 0.2) is 54.9 Å². The first-order chi connectivity index (χ1) is 10.8. The SMILES string of the molecule is C[C@H](CNCCc1ccccn1)N1C=Cc2ccccc2C1. The Labute approximate surface area is 132 Å². The number of rotatable bonds is 6. The third-order valence-electron chi connectivity index (χ3n) is 4.14. The normalized spacial score (nSPS) is 14.7. The average Bonchev–Trinajstić information content (AvgIpc) is 2.59. The smallest absolute Gasteiger partial charge is 0.0433 e. The van der Waals surface area contributed by atoms with Crippen LogP contribution in [0.5, 0.6) is 0 Å². The lowest BCUT2D eigenvalue weighted by Crippen LogP contribution is -2.38. The van der Waals surface area contributed by atoms with Crippen molar-refractivity contribution < 1.29 is 0 Å². The van der Waals surface area contributed by atoms with Gasteiger partial charge in [0.05, 0.1) is 0 Å². The summed E-state index contributed by atoms with van der Waals surface area (Å²) in [6, 6.07) is 15.2. The maximum absolute atomic E-state index is 4.35. The Kier molecular flexibility index (Phi) is 4.86. The van der Waals surface area contributed by atoms with Crippen molar-refractivity contribution in [2.75, 3.05) is 13.1 Å². The standard InChI is InChI=1S/C19H23N3/c1-16(14-20-12-9-19-8-4-5-11-21-19)22-13-10-17-6-2-3-7-18(17)15-22/h2-8,10-11,13,16,20H,9,12,14-15H2,1H3/t16-/m1/s1. The molecular weight excluding hydrogens is 270 g/mol. The first-order valence-corrected chi connectivity index (χ1v) is 7.95. The molecule has 3 heteroatoms. The largest absolute Gasteiger partial charge is 0.369 e. The van der Waals surface area contributed by atoms with Gasteiger partial charge in [-0.2, -0.15) is 0 Å².